The highest BCUT2D eigenvalue weighted by Crippen LogP contribution is 2.04. The standard InChI is InChI=1S/C13H10FN2O/c1-10-6-7-16(9-15-10)8-13(17)11-2-4-12(14)5-3-11/h2-7,9H,1H3. The topological polar surface area (TPSA) is 33.8 Å². The van der Waals surface area contributed by atoms with Gasteiger partial charge in [-0.25, -0.2) is 4.39 Å². The molecular weight excluding hydrogens is 219 g/mol. The zero-order valence-corrected chi connectivity index (χ0v) is 9.22. The van der Waals surface area contributed by atoms with Gasteiger partial charge in [-0.2, -0.15) is 0 Å². The molecule has 2 aromatic rings. The number of halogens is 1. The molecule has 0 saturated carbocycles. The molecule has 0 unspecified atom stereocenters. The van der Waals surface area contributed by atoms with Gasteiger partial charge in [0.2, 0.25) is 6.33 Å². The number of carbonyl (C=O) groups is 1. The minimum atomic E-state index is -0.369. The molecule has 17 heavy (non-hydrogen) atoms. The minimum Gasteiger partial charge on any atom is -0.324 e. The smallest absolute Gasteiger partial charge is 0.212 e. The molecule has 0 atom stereocenters. The number of carbonyl (C=O) groups excluding carboxylic acids is 1. The fraction of sp³-hybridized carbons (Fsp3) is 0.0769. The molecule has 4 heteroatoms. The molecule has 0 amide bonds. The summed E-state index contributed by atoms with van der Waals surface area (Å²) in [5.74, 6) is -0.688. The molecule has 0 bridgehead atoms. The Hall–Kier alpha value is -2.23. The highest BCUT2D eigenvalue weighted by atomic mass is 19.1. The number of aromatic nitrogens is 2. The highest BCUT2D eigenvalue weighted by molar-refractivity contribution is 6.00. The van der Waals surface area contributed by atoms with Gasteiger partial charge in [-0.3, -0.25) is 0 Å². The van der Waals surface area contributed by atoms with Crippen molar-refractivity contribution < 1.29 is 13.8 Å². The van der Waals surface area contributed by atoms with Gasteiger partial charge in [0.15, 0.2) is 0 Å². The van der Waals surface area contributed by atoms with Gasteiger partial charge >= 0.3 is 0 Å². The van der Waals surface area contributed by atoms with Crippen molar-refractivity contribution in [2.45, 2.75) is 6.92 Å². The third-order valence-corrected chi connectivity index (χ3v) is 2.20. The monoisotopic (exact) mass is 229 g/mol. The lowest BCUT2D eigenvalue weighted by Gasteiger charge is -2.05. The van der Waals surface area contributed by atoms with Gasteiger partial charge in [-0.1, -0.05) is 12.1 Å². The molecule has 0 fully saturated rings. The summed E-state index contributed by atoms with van der Waals surface area (Å²) < 4.78 is 14.1. The van der Waals surface area contributed by atoms with E-state index in [1.165, 1.54) is 35.2 Å². The van der Waals surface area contributed by atoms with E-state index in [0.29, 0.717) is 5.56 Å². The molecule has 0 spiro atoms. The van der Waals surface area contributed by atoms with Crippen LogP contribution in [0.5, 0.6) is 0 Å². The number of rotatable bonds is 3. The van der Waals surface area contributed by atoms with Crippen LogP contribution in [0.4, 0.5) is 4.39 Å². The van der Waals surface area contributed by atoms with E-state index in [-0.39, 0.29) is 11.6 Å². The Morgan fingerprint density at radius 3 is 2.59 bits per heavy atom. The number of aryl methyl sites for hydroxylation is 1. The Morgan fingerprint density at radius 1 is 1.29 bits per heavy atom. The maximum absolute atomic E-state index is 12.7. The number of hydrogen-bond acceptors (Lipinski definition) is 2. The van der Waals surface area contributed by atoms with Gasteiger partial charge < -0.3 is 9.36 Å². The van der Waals surface area contributed by atoms with E-state index in [1.54, 1.807) is 12.3 Å². The van der Waals surface area contributed by atoms with E-state index >= 15 is 0 Å². The molecule has 0 aliphatic heterocycles. The van der Waals surface area contributed by atoms with Crippen molar-refractivity contribution in [2.75, 3.05) is 0 Å². The zero-order chi connectivity index (χ0) is 12.3. The van der Waals surface area contributed by atoms with Crippen molar-refractivity contribution in [3.63, 3.8) is 0 Å². The number of benzene rings is 1. The number of hydrogen-bond donors (Lipinski definition) is 0. The van der Waals surface area contributed by atoms with E-state index in [1.807, 2.05) is 6.92 Å². The van der Waals surface area contributed by atoms with Crippen LogP contribution in [0.3, 0.4) is 0 Å². The molecule has 2 rings (SSSR count). The summed E-state index contributed by atoms with van der Waals surface area (Å²) in [5, 5.41) is 0. The quantitative estimate of drug-likeness (QED) is 0.455. The molecular formula is C13H10FN2O. The summed E-state index contributed by atoms with van der Waals surface area (Å²) >= 11 is 0. The molecule has 85 valence electrons. The summed E-state index contributed by atoms with van der Waals surface area (Å²) in [7, 11) is 0. The van der Waals surface area contributed by atoms with Gasteiger partial charge in [-0.05, 0) is 23.8 Å². The van der Waals surface area contributed by atoms with Crippen LogP contribution < -0.4 is 4.57 Å². The SMILES string of the molecule is Cc1cc[n+]([C-]C(=O)c2ccc(F)cc2)cn1. The predicted octanol–water partition coefficient (Wildman–Crippen LogP) is 1.59. The van der Waals surface area contributed by atoms with E-state index in [4.69, 9.17) is 0 Å². The van der Waals surface area contributed by atoms with Crippen molar-refractivity contribution in [1.29, 1.82) is 0 Å². The first kappa shape index (κ1) is 11.3. The number of nitrogens with zero attached hydrogens (tertiary/aromatic N) is 2. The normalized spacial score (nSPS) is 10.0. The van der Waals surface area contributed by atoms with E-state index in [2.05, 4.69) is 11.5 Å². The van der Waals surface area contributed by atoms with Crippen LogP contribution in [0.2, 0.25) is 0 Å². The van der Waals surface area contributed by atoms with Gasteiger partial charge in [-0.15, -0.1) is 4.98 Å². The second-order valence-electron chi connectivity index (χ2n) is 3.56. The first-order valence-electron chi connectivity index (χ1n) is 5.06. The maximum atomic E-state index is 12.7. The zero-order valence-electron chi connectivity index (χ0n) is 9.22. The fourth-order valence-corrected chi connectivity index (χ4v) is 1.27. The summed E-state index contributed by atoms with van der Waals surface area (Å²) in [6.07, 6.45) is 3.18. The van der Waals surface area contributed by atoms with Crippen molar-refractivity contribution in [1.82, 2.24) is 4.98 Å². The molecule has 3 nitrogen and oxygen atoms in total. The van der Waals surface area contributed by atoms with E-state index in [0.717, 1.165) is 5.69 Å². The van der Waals surface area contributed by atoms with Crippen molar-refractivity contribution in [3.05, 3.63) is 66.5 Å². The van der Waals surface area contributed by atoms with Crippen molar-refractivity contribution in [2.24, 2.45) is 0 Å². The summed E-state index contributed by atoms with van der Waals surface area (Å²) in [4.78, 5) is 15.8. The van der Waals surface area contributed by atoms with Gasteiger partial charge in [0.1, 0.15) is 17.3 Å². The molecule has 0 N–H and O–H groups in total. The Labute approximate surface area is 98.6 Å². The van der Waals surface area contributed by atoms with Crippen LogP contribution in [-0.4, -0.2) is 10.8 Å². The second kappa shape index (κ2) is 4.74. The summed E-state index contributed by atoms with van der Waals surface area (Å²) in [6, 6.07) is 7.10. The van der Waals surface area contributed by atoms with E-state index in [9.17, 15) is 9.18 Å². The van der Waals surface area contributed by atoms with Crippen LogP contribution >= 0.6 is 0 Å². The molecule has 1 aromatic carbocycles. The molecule has 0 aliphatic rings. The third-order valence-electron chi connectivity index (χ3n) is 2.20. The summed E-state index contributed by atoms with van der Waals surface area (Å²) in [6.45, 7) is 4.45. The predicted molar refractivity (Wildman–Crippen MR) is 58.5 cm³/mol. The maximum Gasteiger partial charge on any atom is 0.212 e. The Bertz CT molecular complexity index is 520. The average molecular weight is 229 g/mol. The fourth-order valence-electron chi connectivity index (χ4n) is 1.27. The van der Waals surface area contributed by atoms with Gasteiger partial charge in [0.05, 0.1) is 6.54 Å². The van der Waals surface area contributed by atoms with Crippen molar-refractivity contribution in [3.8, 4) is 0 Å². The second-order valence-corrected chi connectivity index (χ2v) is 3.56. The van der Waals surface area contributed by atoms with Crippen LogP contribution in [-0.2, 0) is 0 Å². The Balaban J connectivity index is 2.11. The number of ketones is 1. The molecule has 0 saturated heterocycles. The molecule has 1 radical (unpaired) electrons. The lowest BCUT2D eigenvalue weighted by molar-refractivity contribution is -0.628. The van der Waals surface area contributed by atoms with Crippen LogP contribution in [0.15, 0.2) is 42.9 Å². The minimum absolute atomic E-state index is 0.319. The Morgan fingerprint density at radius 2 is 2.00 bits per heavy atom. The highest BCUT2D eigenvalue weighted by Gasteiger charge is 2.04. The lowest BCUT2D eigenvalue weighted by Crippen LogP contribution is -2.35. The number of Topliss-reactive ketones (excluding diaryl/α,β-unsaturated/α-hetero) is 1. The van der Waals surface area contributed by atoms with Crippen LogP contribution in [0.1, 0.15) is 16.1 Å². The van der Waals surface area contributed by atoms with Crippen LogP contribution in [0, 0.1) is 19.3 Å². The molecule has 0 aliphatic carbocycles. The molecule has 1 aromatic heterocycles. The van der Waals surface area contributed by atoms with Crippen molar-refractivity contribution >= 4 is 5.78 Å². The van der Waals surface area contributed by atoms with Crippen LogP contribution in [0.25, 0.3) is 0 Å². The first-order valence-corrected chi connectivity index (χ1v) is 5.06. The lowest BCUT2D eigenvalue weighted by atomic mass is 10.1. The molecule has 1 heterocycles. The average Bonchev–Trinajstić information content (AvgIpc) is 2.33. The third kappa shape index (κ3) is 2.87. The summed E-state index contributed by atoms with van der Waals surface area (Å²) in [5.41, 5.74) is 1.25. The van der Waals surface area contributed by atoms with Gasteiger partial charge in [0.25, 0.3) is 0 Å². The van der Waals surface area contributed by atoms with E-state index < -0.39 is 0 Å². The first-order chi connectivity index (χ1) is 8.15. The van der Waals surface area contributed by atoms with Gasteiger partial charge in [0, 0.05) is 13.1 Å². The largest absolute Gasteiger partial charge is 0.324 e. The Kier molecular flexibility index (Phi) is 3.14.